The molecule has 6 nitrogen and oxygen atoms in total. The Balaban J connectivity index is 1.29. The highest BCUT2D eigenvalue weighted by Gasteiger charge is 2.28. The quantitative estimate of drug-likeness (QED) is 0.735. The molecule has 1 N–H and O–H groups in total. The van der Waals surface area contributed by atoms with Gasteiger partial charge < -0.3 is 10.2 Å². The summed E-state index contributed by atoms with van der Waals surface area (Å²) in [5.41, 5.74) is 3.57. The second-order valence-corrected chi connectivity index (χ2v) is 6.59. The van der Waals surface area contributed by atoms with Crippen LogP contribution in [0.15, 0.2) is 47.1 Å². The minimum atomic E-state index is -0.241. The van der Waals surface area contributed by atoms with Crippen molar-refractivity contribution < 1.29 is 13.8 Å². The van der Waals surface area contributed by atoms with Gasteiger partial charge in [-0.25, -0.2) is 9.02 Å². The molecule has 2 heterocycles. The van der Waals surface area contributed by atoms with E-state index in [2.05, 4.69) is 15.6 Å². The molecule has 26 heavy (non-hydrogen) atoms. The third-order valence-corrected chi connectivity index (χ3v) is 4.71. The van der Waals surface area contributed by atoms with Crippen molar-refractivity contribution >= 4 is 16.9 Å². The van der Waals surface area contributed by atoms with Crippen LogP contribution in [0.5, 0.6) is 0 Å². The van der Waals surface area contributed by atoms with Crippen molar-refractivity contribution in [3.05, 3.63) is 59.4 Å². The van der Waals surface area contributed by atoms with Crippen LogP contribution in [0.4, 0.5) is 4.39 Å². The zero-order valence-electron chi connectivity index (χ0n) is 14.2. The lowest BCUT2D eigenvalue weighted by molar-refractivity contribution is -0.127. The second-order valence-electron chi connectivity index (χ2n) is 6.59. The molecule has 0 aliphatic carbocycles. The number of carbonyl (C=O) groups is 1. The standard InChI is InChI=1S/C19H19FN4O2/c20-15-4-1-13(2-5-15)7-8-24-12-16(10-19(24)25)21-11-14-3-6-17-18(9-14)23-26-22-17/h1-6,9,16,21H,7-8,10-12H2. The molecule has 1 fully saturated rings. The Kier molecular flexibility index (Phi) is 4.62. The number of fused-ring (bicyclic) bond motifs is 1. The van der Waals surface area contributed by atoms with Crippen LogP contribution in [0.3, 0.4) is 0 Å². The summed E-state index contributed by atoms with van der Waals surface area (Å²) in [7, 11) is 0. The van der Waals surface area contributed by atoms with Gasteiger partial charge in [-0.15, -0.1) is 0 Å². The van der Waals surface area contributed by atoms with Gasteiger partial charge in [0.15, 0.2) is 0 Å². The minimum absolute atomic E-state index is 0.127. The summed E-state index contributed by atoms with van der Waals surface area (Å²) in [6.45, 7) is 2.00. The number of nitrogens with one attached hydrogen (secondary N) is 1. The van der Waals surface area contributed by atoms with Crippen LogP contribution in [0.2, 0.25) is 0 Å². The molecule has 0 spiro atoms. The number of aromatic nitrogens is 2. The van der Waals surface area contributed by atoms with Gasteiger partial charge in [0.25, 0.3) is 0 Å². The summed E-state index contributed by atoms with van der Waals surface area (Å²) in [5, 5.41) is 11.1. The van der Waals surface area contributed by atoms with Gasteiger partial charge in [0.05, 0.1) is 0 Å². The molecular formula is C19H19FN4O2. The summed E-state index contributed by atoms with van der Waals surface area (Å²) >= 11 is 0. The molecule has 2 aromatic carbocycles. The molecule has 0 radical (unpaired) electrons. The fourth-order valence-corrected chi connectivity index (χ4v) is 3.24. The third kappa shape index (κ3) is 3.72. The Morgan fingerprint density at radius 2 is 1.88 bits per heavy atom. The lowest BCUT2D eigenvalue weighted by Crippen LogP contribution is -2.33. The zero-order chi connectivity index (χ0) is 17.9. The maximum atomic E-state index is 12.9. The highest BCUT2D eigenvalue weighted by Crippen LogP contribution is 2.15. The molecule has 1 unspecified atom stereocenters. The van der Waals surface area contributed by atoms with Crippen molar-refractivity contribution in [2.75, 3.05) is 13.1 Å². The second kappa shape index (κ2) is 7.21. The van der Waals surface area contributed by atoms with E-state index in [1.54, 1.807) is 12.1 Å². The molecule has 7 heteroatoms. The summed E-state index contributed by atoms with van der Waals surface area (Å²) in [4.78, 5) is 14.1. The number of carbonyl (C=O) groups excluding carboxylic acids is 1. The Morgan fingerprint density at radius 3 is 2.73 bits per heavy atom. The maximum absolute atomic E-state index is 12.9. The molecule has 0 bridgehead atoms. The van der Waals surface area contributed by atoms with Gasteiger partial charge in [-0.3, -0.25) is 4.79 Å². The Morgan fingerprint density at radius 1 is 1.12 bits per heavy atom. The number of likely N-dealkylation sites (tertiary alicyclic amines) is 1. The highest BCUT2D eigenvalue weighted by atomic mass is 19.1. The van der Waals surface area contributed by atoms with E-state index in [1.807, 2.05) is 23.1 Å². The van der Waals surface area contributed by atoms with E-state index in [0.717, 1.165) is 28.6 Å². The topological polar surface area (TPSA) is 71.3 Å². The largest absolute Gasteiger partial charge is 0.341 e. The van der Waals surface area contributed by atoms with Gasteiger partial charge in [0.2, 0.25) is 5.91 Å². The molecule has 1 saturated heterocycles. The predicted molar refractivity (Wildman–Crippen MR) is 93.7 cm³/mol. The average molecular weight is 354 g/mol. The zero-order valence-corrected chi connectivity index (χ0v) is 14.2. The summed E-state index contributed by atoms with van der Waals surface area (Å²) in [6.07, 6.45) is 1.23. The highest BCUT2D eigenvalue weighted by molar-refractivity contribution is 5.79. The molecule has 1 atom stereocenters. The molecular weight excluding hydrogens is 335 g/mol. The number of benzene rings is 2. The SMILES string of the molecule is O=C1CC(NCc2ccc3nonc3c2)CN1CCc1ccc(F)cc1. The van der Waals surface area contributed by atoms with Crippen molar-refractivity contribution in [1.29, 1.82) is 0 Å². The van der Waals surface area contributed by atoms with Crippen LogP contribution < -0.4 is 5.32 Å². The van der Waals surface area contributed by atoms with Gasteiger partial charge in [-0.1, -0.05) is 18.2 Å². The third-order valence-electron chi connectivity index (χ3n) is 4.71. The number of halogens is 1. The minimum Gasteiger partial charge on any atom is -0.341 e. The van der Waals surface area contributed by atoms with Gasteiger partial charge in [0, 0.05) is 32.1 Å². The molecule has 1 aliphatic heterocycles. The smallest absolute Gasteiger partial charge is 0.224 e. The first kappa shape index (κ1) is 16.7. The normalized spacial score (nSPS) is 17.3. The number of nitrogens with zero attached hydrogens (tertiary/aromatic N) is 3. The Labute approximate surface area is 149 Å². The molecule has 1 aliphatic rings. The van der Waals surface area contributed by atoms with Gasteiger partial charge in [-0.05, 0) is 52.1 Å². The van der Waals surface area contributed by atoms with Crippen LogP contribution in [0.25, 0.3) is 11.0 Å². The van der Waals surface area contributed by atoms with E-state index in [0.29, 0.717) is 26.1 Å². The molecule has 1 amide bonds. The van der Waals surface area contributed by atoms with Crippen LogP contribution in [0, 0.1) is 5.82 Å². The predicted octanol–water partition coefficient (Wildman–Crippen LogP) is 2.30. The van der Waals surface area contributed by atoms with E-state index in [4.69, 9.17) is 4.63 Å². The van der Waals surface area contributed by atoms with Crippen LogP contribution in [-0.2, 0) is 17.8 Å². The number of hydrogen-bond acceptors (Lipinski definition) is 5. The molecule has 4 rings (SSSR count). The van der Waals surface area contributed by atoms with Gasteiger partial charge >= 0.3 is 0 Å². The molecule has 1 aromatic heterocycles. The first-order valence-corrected chi connectivity index (χ1v) is 8.64. The lowest BCUT2D eigenvalue weighted by Gasteiger charge is -2.17. The van der Waals surface area contributed by atoms with Crippen LogP contribution >= 0.6 is 0 Å². The van der Waals surface area contributed by atoms with E-state index in [1.165, 1.54) is 12.1 Å². The summed E-state index contributed by atoms with van der Waals surface area (Å²) in [6, 6.07) is 12.3. The molecule has 0 saturated carbocycles. The fourth-order valence-electron chi connectivity index (χ4n) is 3.24. The van der Waals surface area contributed by atoms with Crippen LogP contribution in [-0.4, -0.2) is 40.3 Å². The number of amides is 1. The van der Waals surface area contributed by atoms with E-state index in [-0.39, 0.29) is 17.8 Å². The molecule has 3 aromatic rings. The Bertz CT molecular complexity index is 909. The number of rotatable bonds is 6. The lowest BCUT2D eigenvalue weighted by atomic mass is 10.1. The summed E-state index contributed by atoms with van der Waals surface area (Å²) < 4.78 is 17.7. The fraction of sp³-hybridized carbons (Fsp3) is 0.316. The maximum Gasteiger partial charge on any atom is 0.224 e. The van der Waals surface area contributed by atoms with E-state index >= 15 is 0 Å². The monoisotopic (exact) mass is 354 g/mol. The summed E-state index contributed by atoms with van der Waals surface area (Å²) in [5.74, 6) is -0.0874. The van der Waals surface area contributed by atoms with Gasteiger partial charge in [-0.2, -0.15) is 0 Å². The average Bonchev–Trinajstić information content (AvgIpc) is 3.25. The van der Waals surface area contributed by atoms with Crippen molar-refractivity contribution in [2.45, 2.75) is 25.4 Å². The van der Waals surface area contributed by atoms with Crippen molar-refractivity contribution in [2.24, 2.45) is 0 Å². The van der Waals surface area contributed by atoms with Crippen LogP contribution in [0.1, 0.15) is 17.5 Å². The van der Waals surface area contributed by atoms with E-state index < -0.39 is 0 Å². The van der Waals surface area contributed by atoms with E-state index in [9.17, 15) is 9.18 Å². The van der Waals surface area contributed by atoms with Crippen molar-refractivity contribution in [3.63, 3.8) is 0 Å². The first-order chi connectivity index (χ1) is 12.7. The van der Waals surface area contributed by atoms with Crippen molar-refractivity contribution in [1.82, 2.24) is 20.5 Å². The van der Waals surface area contributed by atoms with Gasteiger partial charge in [0.1, 0.15) is 16.9 Å². The molecule has 134 valence electrons. The first-order valence-electron chi connectivity index (χ1n) is 8.64. The Hall–Kier alpha value is -2.80. The van der Waals surface area contributed by atoms with Crippen molar-refractivity contribution in [3.8, 4) is 0 Å². The number of hydrogen-bond donors (Lipinski definition) is 1.